The Balaban J connectivity index is 1.72. The number of carbonyl (C=O) groups is 2. The van der Waals surface area contributed by atoms with E-state index in [0.29, 0.717) is 5.56 Å². The Morgan fingerprint density at radius 2 is 2.00 bits per heavy atom. The third-order valence-corrected chi connectivity index (χ3v) is 3.75. The minimum Gasteiger partial charge on any atom is -0.480 e. The van der Waals surface area contributed by atoms with Gasteiger partial charge in [0, 0.05) is 11.8 Å². The van der Waals surface area contributed by atoms with E-state index >= 15 is 0 Å². The van der Waals surface area contributed by atoms with Crippen molar-refractivity contribution in [1.82, 2.24) is 15.1 Å². The quantitative estimate of drug-likeness (QED) is 0.881. The molecule has 2 N–H and O–H groups in total. The average molecular weight is 299 g/mol. The van der Waals surface area contributed by atoms with Gasteiger partial charge in [0.25, 0.3) is 5.91 Å². The zero-order valence-corrected chi connectivity index (χ0v) is 12.2. The first kappa shape index (κ1) is 14.3. The first-order chi connectivity index (χ1) is 10.5. The zero-order chi connectivity index (χ0) is 15.7. The summed E-state index contributed by atoms with van der Waals surface area (Å²) in [6, 6.07) is 6.13. The van der Waals surface area contributed by atoms with Crippen LogP contribution in [0.5, 0.6) is 0 Å². The molecular formula is C16H17N3O3. The summed E-state index contributed by atoms with van der Waals surface area (Å²) >= 11 is 0. The highest BCUT2D eigenvalue weighted by Gasteiger charge is 2.37. The molecule has 1 atom stereocenters. The van der Waals surface area contributed by atoms with E-state index in [1.807, 2.05) is 13.1 Å². The molecule has 1 heterocycles. The van der Waals surface area contributed by atoms with Gasteiger partial charge in [0.05, 0.1) is 11.9 Å². The van der Waals surface area contributed by atoms with Gasteiger partial charge in [0.1, 0.15) is 6.04 Å². The van der Waals surface area contributed by atoms with E-state index in [1.54, 1.807) is 35.1 Å². The predicted octanol–water partition coefficient (Wildman–Crippen LogP) is 1.77. The number of carbonyl (C=O) groups excluding carboxylic acids is 1. The lowest BCUT2D eigenvalue weighted by atomic mass is 10.1. The van der Waals surface area contributed by atoms with E-state index < -0.39 is 12.0 Å². The molecule has 6 heteroatoms. The molecule has 3 rings (SSSR count). The highest BCUT2D eigenvalue weighted by atomic mass is 16.4. The number of aliphatic carboxylic acids is 1. The number of benzene rings is 1. The molecule has 22 heavy (non-hydrogen) atoms. The number of rotatable bonds is 5. The number of hydrogen-bond donors (Lipinski definition) is 2. The van der Waals surface area contributed by atoms with Crippen LogP contribution in [-0.4, -0.2) is 32.8 Å². The summed E-state index contributed by atoms with van der Waals surface area (Å²) < 4.78 is 1.72. The molecule has 1 aliphatic rings. The van der Waals surface area contributed by atoms with E-state index in [4.69, 9.17) is 5.11 Å². The molecule has 1 unspecified atom stereocenters. The van der Waals surface area contributed by atoms with Crippen LogP contribution in [0, 0.1) is 12.8 Å². The minimum atomic E-state index is -0.973. The van der Waals surface area contributed by atoms with Crippen LogP contribution in [0.4, 0.5) is 0 Å². The number of carboxylic acids is 1. The lowest BCUT2D eigenvalue weighted by molar-refractivity contribution is -0.139. The first-order valence-electron chi connectivity index (χ1n) is 7.20. The second kappa shape index (κ2) is 5.63. The molecule has 0 aliphatic heterocycles. The highest BCUT2D eigenvalue weighted by Crippen LogP contribution is 2.32. The van der Waals surface area contributed by atoms with Crippen LogP contribution in [0.1, 0.15) is 28.8 Å². The van der Waals surface area contributed by atoms with Crippen LogP contribution in [0.15, 0.2) is 36.7 Å². The molecule has 0 saturated heterocycles. The molecule has 1 aromatic heterocycles. The van der Waals surface area contributed by atoms with Gasteiger partial charge >= 0.3 is 5.97 Å². The van der Waals surface area contributed by atoms with Crippen molar-refractivity contribution in [3.63, 3.8) is 0 Å². The molecule has 1 amide bonds. The van der Waals surface area contributed by atoms with Crippen LogP contribution in [0.25, 0.3) is 5.69 Å². The van der Waals surface area contributed by atoms with E-state index in [9.17, 15) is 9.59 Å². The van der Waals surface area contributed by atoms with Gasteiger partial charge in [-0.15, -0.1) is 0 Å². The van der Waals surface area contributed by atoms with Crippen LogP contribution < -0.4 is 5.32 Å². The molecule has 2 aromatic rings. The maximum absolute atomic E-state index is 12.1. The molecule has 1 fully saturated rings. The van der Waals surface area contributed by atoms with Gasteiger partial charge in [-0.3, -0.25) is 4.79 Å². The first-order valence-corrected chi connectivity index (χ1v) is 7.20. The number of aryl methyl sites for hydroxylation is 1. The van der Waals surface area contributed by atoms with Crippen molar-refractivity contribution in [2.45, 2.75) is 25.8 Å². The molecule has 0 radical (unpaired) electrons. The standard InChI is InChI=1S/C16H17N3O3/c1-10-8-17-19(9-10)13-6-4-12(5-7-13)15(20)18-14(16(21)22)11-2-3-11/h4-9,11,14H,2-3H2,1H3,(H,18,20)(H,21,22). The normalized spacial score (nSPS) is 15.3. The van der Waals surface area contributed by atoms with Crippen LogP contribution in [0.3, 0.4) is 0 Å². The molecular weight excluding hydrogens is 282 g/mol. The fraction of sp³-hybridized carbons (Fsp3) is 0.312. The summed E-state index contributed by atoms with van der Waals surface area (Å²) in [6.07, 6.45) is 5.36. The molecule has 0 bridgehead atoms. The van der Waals surface area contributed by atoms with Crippen LogP contribution in [0.2, 0.25) is 0 Å². The number of nitrogens with zero attached hydrogens (tertiary/aromatic N) is 2. The number of hydrogen-bond acceptors (Lipinski definition) is 3. The SMILES string of the molecule is Cc1cnn(-c2ccc(C(=O)NC(C(=O)O)C3CC3)cc2)c1. The van der Waals surface area contributed by atoms with Gasteiger partial charge in [-0.2, -0.15) is 5.10 Å². The summed E-state index contributed by atoms with van der Waals surface area (Å²) in [5.41, 5.74) is 2.34. The summed E-state index contributed by atoms with van der Waals surface area (Å²) in [6.45, 7) is 1.95. The zero-order valence-electron chi connectivity index (χ0n) is 12.2. The van der Waals surface area contributed by atoms with Crippen molar-refractivity contribution in [2.75, 3.05) is 0 Å². The number of aromatic nitrogens is 2. The van der Waals surface area contributed by atoms with Crippen molar-refractivity contribution in [2.24, 2.45) is 5.92 Å². The van der Waals surface area contributed by atoms with Crippen molar-refractivity contribution in [3.8, 4) is 5.69 Å². The molecule has 0 spiro atoms. The molecule has 6 nitrogen and oxygen atoms in total. The fourth-order valence-electron chi connectivity index (χ4n) is 2.35. The highest BCUT2D eigenvalue weighted by molar-refractivity contribution is 5.96. The van der Waals surface area contributed by atoms with Gasteiger partial charge in [-0.05, 0) is 55.5 Å². The maximum atomic E-state index is 12.1. The summed E-state index contributed by atoms with van der Waals surface area (Å²) in [5.74, 6) is -1.27. The average Bonchev–Trinajstić information content (AvgIpc) is 3.25. The number of carboxylic acid groups (broad SMARTS) is 1. The maximum Gasteiger partial charge on any atom is 0.326 e. The second-order valence-electron chi connectivity index (χ2n) is 5.64. The van der Waals surface area contributed by atoms with Crippen molar-refractivity contribution < 1.29 is 14.7 Å². The fourth-order valence-corrected chi connectivity index (χ4v) is 2.35. The molecule has 1 saturated carbocycles. The Labute approximate surface area is 127 Å². The van der Waals surface area contributed by atoms with E-state index in [1.165, 1.54) is 0 Å². The minimum absolute atomic E-state index is 0.0628. The van der Waals surface area contributed by atoms with Gasteiger partial charge in [0.2, 0.25) is 0 Å². The van der Waals surface area contributed by atoms with Gasteiger partial charge in [-0.25, -0.2) is 9.48 Å². The lowest BCUT2D eigenvalue weighted by Gasteiger charge is -2.13. The van der Waals surface area contributed by atoms with Gasteiger partial charge in [0.15, 0.2) is 0 Å². The number of amides is 1. The topological polar surface area (TPSA) is 84.2 Å². The Morgan fingerprint density at radius 3 is 2.50 bits per heavy atom. The number of nitrogens with one attached hydrogen (secondary N) is 1. The Kier molecular flexibility index (Phi) is 3.66. The Morgan fingerprint density at radius 1 is 1.32 bits per heavy atom. The largest absolute Gasteiger partial charge is 0.480 e. The third kappa shape index (κ3) is 3.00. The van der Waals surface area contributed by atoms with Crippen molar-refractivity contribution in [1.29, 1.82) is 0 Å². The molecule has 114 valence electrons. The summed E-state index contributed by atoms with van der Waals surface area (Å²) in [5, 5.41) is 15.9. The third-order valence-electron chi connectivity index (χ3n) is 3.75. The molecule has 1 aromatic carbocycles. The van der Waals surface area contributed by atoms with Crippen LogP contribution >= 0.6 is 0 Å². The smallest absolute Gasteiger partial charge is 0.326 e. The molecule has 1 aliphatic carbocycles. The Bertz CT molecular complexity index is 702. The Hall–Kier alpha value is -2.63. The van der Waals surface area contributed by atoms with E-state index in [2.05, 4.69) is 10.4 Å². The monoisotopic (exact) mass is 299 g/mol. The van der Waals surface area contributed by atoms with Crippen molar-refractivity contribution >= 4 is 11.9 Å². The second-order valence-corrected chi connectivity index (χ2v) is 5.64. The predicted molar refractivity (Wildman–Crippen MR) is 79.9 cm³/mol. The van der Waals surface area contributed by atoms with Gasteiger partial charge in [-0.1, -0.05) is 0 Å². The van der Waals surface area contributed by atoms with Gasteiger partial charge < -0.3 is 10.4 Å². The summed E-state index contributed by atoms with van der Waals surface area (Å²) in [7, 11) is 0. The van der Waals surface area contributed by atoms with E-state index in [-0.39, 0.29) is 11.8 Å². The van der Waals surface area contributed by atoms with Crippen molar-refractivity contribution in [3.05, 3.63) is 47.8 Å². The lowest BCUT2D eigenvalue weighted by Crippen LogP contribution is -2.42. The van der Waals surface area contributed by atoms with Crippen LogP contribution in [-0.2, 0) is 4.79 Å². The summed E-state index contributed by atoms with van der Waals surface area (Å²) in [4.78, 5) is 23.3. The van der Waals surface area contributed by atoms with E-state index in [0.717, 1.165) is 24.1 Å².